The van der Waals surface area contributed by atoms with E-state index in [1.165, 1.54) is 99.8 Å². The Kier molecular flexibility index (Phi) is 4.08. The van der Waals surface area contributed by atoms with E-state index in [-0.39, 0.29) is 24.0 Å². The molecule has 2 unspecified atom stereocenters. The third-order valence-corrected chi connectivity index (χ3v) is 12.7. The highest BCUT2D eigenvalue weighted by molar-refractivity contribution is 5.89. The summed E-state index contributed by atoms with van der Waals surface area (Å²) in [4.78, 5) is 0. The molecule has 6 bridgehead atoms. The molecule has 2 atom stereocenters. The van der Waals surface area contributed by atoms with Crippen molar-refractivity contribution < 1.29 is 4.74 Å². The Hall–Kier alpha value is -5.24. The standard InChI is InChI=1S/C46H28O/c1-2-10-26-25(9-1)41-27-11-3-4-12-28(27)42(26)34-18-24-20-38-37(19-23(24)17-33(34)41)45-39-21-35-36(22-40(39)46(38)47-45)44-31-15-7-5-13-29(31)43(35)30-14-6-8-16-32(30)44/h1-22,41-46H. The van der Waals surface area contributed by atoms with E-state index in [0.717, 1.165) is 0 Å². The van der Waals surface area contributed by atoms with Gasteiger partial charge in [0.25, 0.3) is 0 Å². The average molecular weight is 597 g/mol. The van der Waals surface area contributed by atoms with E-state index in [1.807, 2.05) is 0 Å². The first-order chi connectivity index (χ1) is 23.3. The summed E-state index contributed by atoms with van der Waals surface area (Å²) in [6.45, 7) is 0. The summed E-state index contributed by atoms with van der Waals surface area (Å²) in [5.41, 5.74) is 23.2. The van der Waals surface area contributed by atoms with E-state index < -0.39 is 0 Å². The minimum Gasteiger partial charge on any atom is -0.356 e. The van der Waals surface area contributed by atoms with Crippen LogP contribution in [-0.4, -0.2) is 0 Å². The smallest absolute Gasteiger partial charge is 0.110 e. The topological polar surface area (TPSA) is 9.23 Å². The Balaban J connectivity index is 0.990. The molecule has 0 aromatic heterocycles. The largest absolute Gasteiger partial charge is 0.356 e. The van der Waals surface area contributed by atoms with E-state index in [1.54, 1.807) is 0 Å². The zero-order chi connectivity index (χ0) is 30.1. The molecule has 0 spiro atoms. The van der Waals surface area contributed by atoms with Gasteiger partial charge in [-0.3, -0.25) is 0 Å². The molecule has 0 radical (unpaired) electrons. The second-order valence-electron chi connectivity index (χ2n) is 14.6. The third kappa shape index (κ3) is 2.69. The van der Waals surface area contributed by atoms with Crippen LogP contribution in [0.3, 0.4) is 0 Å². The summed E-state index contributed by atoms with van der Waals surface area (Å²) in [6.07, 6.45) is -0.000785. The zero-order valence-electron chi connectivity index (χ0n) is 25.6. The number of benzene rings is 7. The molecule has 0 saturated carbocycles. The fourth-order valence-corrected chi connectivity index (χ4v) is 10.9. The molecular formula is C46H28O. The minimum atomic E-state index is -0.000392. The summed E-state index contributed by atoms with van der Waals surface area (Å²) in [5, 5.41) is 2.67. The molecule has 0 N–H and O–H groups in total. The lowest BCUT2D eigenvalue weighted by molar-refractivity contribution is 0.0857. The molecule has 47 heavy (non-hydrogen) atoms. The number of hydrogen-bond acceptors (Lipinski definition) is 1. The van der Waals surface area contributed by atoms with Gasteiger partial charge in [-0.1, -0.05) is 109 Å². The summed E-state index contributed by atoms with van der Waals surface area (Å²) in [5.74, 6) is 1.16. The van der Waals surface area contributed by atoms with Crippen molar-refractivity contribution in [1.29, 1.82) is 0 Å². The van der Waals surface area contributed by atoms with Crippen molar-refractivity contribution in [2.24, 2.45) is 0 Å². The van der Waals surface area contributed by atoms with Crippen molar-refractivity contribution in [3.8, 4) is 0 Å². The zero-order valence-corrected chi connectivity index (χ0v) is 25.6. The maximum Gasteiger partial charge on any atom is 0.110 e. The van der Waals surface area contributed by atoms with Gasteiger partial charge >= 0.3 is 0 Å². The lowest BCUT2D eigenvalue weighted by Crippen LogP contribution is -2.28. The second-order valence-corrected chi connectivity index (χ2v) is 14.6. The number of hydrogen-bond donors (Lipinski definition) is 0. The van der Waals surface area contributed by atoms with Crippen LogP contribution in [0.5, 0.6) is 0 Å². The van der Waals surface area contributed by atoms with Gasteiger partial charge in [-0.2, -0.15) is 0 Å². The Morgan fingerprint density at radius 1 is 0.255 bits per heavy atom. The second kappa shape index (κ2) is 8.00. The molecule has 2 aliphatic heterocycles. The van der Waals surface area contributed by atoms with Crippen molar-refractivity contribution in [1.82, 2.24) is 0 Å². The van der Waals surface area contributed by atoms with Crippen LogP contribution in [0, 0.1) is 0 Å². The molecule has 7 aromatic rings. The van der Waals surface area contributed by atoms with Crippen LogP contribution in [0.15, 0.2) is 133 Å². The summed E-state index contributed by atoms with van der Waals surface area (Å²) >= 11 is 0. The fourth-order valence-electron chi connectivity index (χ4n) is 10.9. The van der Waals surface area contributed by atoms with Gasteiger partial charge in [0.2, 0.25) is 0 Å². The highest BCUT2D eigenvalue weighted by Crippen LogP contribution is 2.62. The maximum atomic E-state index is 6.93. The van der Waals surface area contributed by atoms with Gasteiger partial charge in [0.1, 0.15) is 12.2 Å². The molecule has 218 valence electrons. The molecule has 2 heterocycles. The highest BCUT2D eigenvalue weighted by Gasteiger charge is 2.48. The van der Waals surface area contributed by atoms with Crippen LogP contribution in [0.2, 0.25) is 0 Å². The molecule has 0 saturated heterocycles. The predicted octanol–water partition coefficient (Wildman–Crippen LogP) is 10.3. The maximum absolute atomic E-state index is 6.93. The van der Waals surface area contributed by atoms with Crippen LogP contribution in [0.1, 0.15) is 125 Å². The van der Waals surface area contributed by atoms with Crippen LogP contribution in [0.25, 0.3) is 10.8 Å². The molecular weight excluding hydrogens is 569 g/mol. The van der Waals surface area contributed by atoms with E-state index in [0.29, 0.717) is 11.8 Å². The van der Waals surface area contributed by atoms with Gasteiger partial charge in [-0.15, -0.1) is 0 Å². The summed E-state index contributed by atoms with van der Waals surface area (Å²) < 4.78 is 6.93. The molecule has 0 fully saturated rings. The normalized spacial score (nSPS) is 24.9. The van der Waals surface area contributed by atoms with Crippen molar-refractivity contribution in [3.63, 3.8) is 0 Å². The van der Waals surface area contributed by atoms with E-state index in [9.17, 15) is 0 Å². The molecule has 7 aromatic carbocycles. The first-order valence-electron chi connectivity index (χ1n) is 17.1. The Morgan fingerprint density at radius 2 is 0.489 bits per heavy atom. The molecule has 6 aliphatic carbocycles. The van der Waals surface area contributed by atoms with Gasteiger partial charge in [0.15, 0.2) is 0 Å². The third-order valence-electron chi connectivity index (χ3n) is 12.7. The first kappa shape index (κ1) is 24.0. The van der Waals surface area contributed by atoms with Gasteiger partial charge < -0.3 is 4.74 Å². The van der Waals surface area contributed by atoms with Crippen LogP contribution in [0.4, 0.5) is 0 Å². The van der Waals surface area contributed by atoms with E-state index in [2.05, 4.69) is 133 Å². The van der Waals surface area contributed by atoms with Gasteiger partial charge in [0, 0.05) is 23.7 Å². The van der Waals surface area contributed by atoms with E-state index >= 15 is 0 Å². The summed E-state index contributed by atoms with van der Waals surface area (Å²) in [6, 6.07) is 51.6. The van der Waals surface area contributed by atoms with Gasteiger partial charge in [0.05, 0.1) is 0 Å². The predicted molar refractivity (Wildman–Crippen MR) is 185 cm³/mol. The summed E-state index contributed by atoms with van der Waals surface area (Å²) in [7, 11) is 0. The minimum absolute atomic E-state index is 0.000392. The highest BCUT2D eigenvalue weighted by atomic mass is 16.5. The SMILES string of the molecule is c1ccc2c(c1)C1c3ccccc3C2c2cc3c(cc21)C1OC3c2cc3cc4c(cc3cc21)C1c2ccccc2C4c2ccccc21. The van der Waals surface area contributed by atoms with Crippen molar-refractivity contribution in [2.45, 2.75) is 35.9 Å². The molecule has 1 heteroatoms. The lowest BCUT2D eigenvalue weighted by Gasteiger charge is -2.43. The monoisotopic (exact) mass is 596 g/mol. The molecule has 8 aliphatic rings. The van der Waals surface area contributed by atoms with Crippen LogP contribution < -0.4 is 0 Å². The Labute approximate surface area is 273 Å². The number of fused-ring (bicyclic) bond motifs is 9. The van der Waals surface area contributed by atoms with Crippen molar-refractivity contribution >= 4 is 10.8 Å². The van der Waals surface area contributed by atoms with Crippen LogP contribution in [-0.2, 0) is 4.74 Å². The first-order valence-corrected chi connectivity index (χ1v) is 17.1. The van der Waals surface area contributed by atoms with Crippen molar-refractivity contribution in [3.05, 3.63) is 222 Å². The van der Waals surface area contributed by atoms with Crippen molar-refractivity contribution in [2.75, 3.05) is 0 Å². The Morgan fingerprint density at radius 3 is 0.787 bits per heavy atom. The average Bonchev–Trinajstić information content (AvgIpc) is 3.68. The number of ether oxygens (including phenoxy) is 1. The van der Waals surface area contributed by atoms with E-state index in [4.69, 9.17) is 4.74 Å². The van der Waals surface area contributed by atoms with Crippen LogP contribution >= 0.6 is 0 Å². The molecule has 1 nitrogen and oxygen atoms in total. The lowest BCUT2D eigenvalue weighted by atomic mass is 9.60. The van der Waals surface area contributed by atoms with Gasteiger partial charge in [-0.25, -0.2) is 0 Å². The Bertz CT molecular complexity index is 2340. The molecule has 15 rings (SSSR count). The fraction of sp³-hybridized carbons (Fsp3) is 0.130. The van der Waals surface area contributed by atoms with Gasteiger partial charge in [-0.05, 0) is 124 Å². The molecule has 0 amide bonds. The number of rotatable bonds is 0. The quantitative estimate of drug-likeness (QED) is 0.169.